The fraction of sp³-hybridized carbons (Fsp3) is 0.677. The average Bonchev–Trinajstić information content (AvgIpc) is 2.86. The minimum atomic E-state index is 0.565. The van der Waals surface area contributed by atoms with Crippen molar-refractivity contribution in [2.75, 3.05) is 13.2 Å². The van der Waals surface area contributed by atoms with Gasteiger partial charge in [-0.15, -0.1) is 0 Å². The zero-order chi connectivity index (χ0) is 23.1. The lowest BCUT2D eigenvalue weighted by molar-refractivity contribution is 0.196. The number of unbranched alkanes of at least 4 members (excludes halogenated alkanes) is 2. The van der Waals surface area contributed by atoms with E-state index in [1.165, 1.54) is 77.0 Å². The second-order valence-corrected chi connectivity index (χ2v) is 10.3. The zero-order valence-electron chi connectivity index (χ0n) is 21.2. The number of benzene rings is 1. The van der Waals surface area contributed by atoms with Gasteiger partial charge in [0, 0.05) is 5.92 Å². The first-order valence-electron chi connectivity index (χ1n) is 13.8. The van der Waals surface area contributed by atoms with Gasteiger partial charge < -0.3 is 9.47 Å². The molecule has 2 aliphatic carbocycles. The van der Waals surface area contributed by atoms with Crippen LogP contribution in [-0.4, -0.2) is 13.2 Å². The maximum Gasteiger partial charge on any atom is 0.119 e. The number of rotatable bonds is 11. The van der Waals surface area contributed by atoms with Gasteiger partial charge in [-0.1, -0.05) is 57.4 Å². The van der Waals surface area contributed by atoms with Crippen LogP contribution in [0.4, 0.5) is 0 Å². The van der Waals surface area contributed by atoms with E-state index in [0.29, 0.717) is 11.8 Å². The van der Waals surface area contributed by atoms with Crippen molar-refractivity contribution in [3.05, 3.63) is 36.4 Å². The summed E-state index contributed by atoms with van der Waals surface area (Å²) in [6.07, 6.45) is 21.3. The summed E-state index contributed by atoms with van der Waals surface area (Å²) in [7, 11) is 0. The highest BCUT2D eigenvalue weighted by molar-refractivity contribution is 5.31. The lowest BCUT2D eigenvalue weighted by Crippen LogP contribution is -2.19. The summed E-state index contributed by atoms with van der Waals surface area (Å²) in [6.45, 7) is 6.14. The van der Waals surface area contributed by atoms with Crippen molar-refractivity contribution in [3.63, 3.8) is 0 Å². The molecular weight excluding hydrogens is 404 g/mol. The Kier molecular flexibility index (Phi) is 11.8. The van der Waals surface area contributed by atoms with E-state index >= 15 is 0 Å². The first-order chi connectivity index (χ1) is 16.3. The molecule has 0 amide bonds. The molecule has 0 spiro atoms. The van der Waals surface area contributed by atoms with Crippen LogP contribution < -0.4 is 9.47 Å². The second kappa shape index (κ2) is 15.1. The van der Waals surface area contributed by atoms with Gasteiger partial charge >= 0.3 is 0 Å². The Hall–Kier alpha value is -1.88. The maximum absolute atomic E-state index is 6.06. The Balaban J connectivity index is 1.28. The third-order valence-electron chi connectivity index (χ3n) is 7.50. The van der Waals surface area contributed by atoms with Crippen molar-refractivity contribution in [2.45, 2.75) is 97.3 Å². The smallest absolute Gasteiger partial charge is 0.119 e. The highest BCUT2D eigenvalue weighted by Gasteiger charge is 2.21. The van der Waals surface area contributed by atoms with Crippen LogP contribution in [0.2, 0.25) is 0 Å². The SMILES string of the molecule is CCCCCOc1ccc(OC[C@H]2CC[C@H](C#CC=C[C@H]3CC[C@H](CCC)CC3)CC2)cc1. The molecule has 3 rings (SSSR count). The molecule has 0 saturated heterocycles. The minimum Gasteiger partial charge on any atom is -0.494 e. The molecular formula is C31H46O2. The monoisotopic (exact) mass is 450 g/mol. The normalized spacial score (nSPS) is 25.4. The van der Waals surface area contributed by atoms with Crippen LogP contribution in [0.5, 0.6) is 11.5 Å². The predicted octanol–water partition coefficient (Wildman–Crippen LogP) is 8.61. The van der Waals surface area contributed by atoms with Gasteiger partial charge in [0.2, 0.25) is 0 Å². The Bertz CT molecular complexity index is 722. The van der Waals surface area contributed by atoms with Gasteiger partial charge in [-0.3, -0.25) is 0 Å². The highest BCUT2D eigenvalue weighted by atomic mass is 16.5. The summed E-state index contributed by atoms with van der Waals surface area (Å²) in [5, 5.41) is 0. The van der Waals surface area contributed by atoms with E-state index in [1.54, 1.807) is 0 Å². The molecule has 2 nitrogen and oxygen atoms in total. The Morgan fingerprint density at radius 3 is 2.12 bits per heavy atom. The van der Waals surface area contributed by atoms with Gasteiger partial charge in [0.15, 0.2) is 0 Å². The Morgan fingerprint density at radius 1 is 0.788 bits per heavy atom. The summed E-state index contributed by atoms with van der Waals surface area (Å²) in [5.74, 6) is 11.7. The molecule has 2 aliphatic rings. The number of hydrogen-bond donors (Lipinski definition) is 0. The summed E-state index contributed by atoms with van der Waals surface area (Å²) in [4.78, 5) is 0. The number of hydrogen-bond acceptors (Lipinski definition) is 2. The highest BCUT2D eigenvalue weighted by Crippen LogP contribution is 2.32. The van der Waals surface area contributed by atoms with Crippen LogP contribution in [-0.2, 0) is 0 Å². The molecule has 2 saturated carbocycles. The van der Waals surface area contributed by atoms with Crippen molar-refractivity contribution < 1.29 is 9.47 Å². The van der Waals surface area contributed by atoms with Crippen LogP contribution >= 0.6 is 0 Å². The fourth-order valence-corrected chi connectivity index (χ4v) is 5.29. The van der Waals surface area contributed by atoms with Gasteiger partial charge in [0.1, 0.15) is 11.5 Å². The first kappa shape index (κ1) is 25.7. The van der Waals surface area contributed by atoms with E-state index in [1.807, 2.05) is 24.3 Å². The lowest BCUT2D eigenvalue weighted by Gasteiger charge is -2.26. The van der Waals surface area contributed by atoms with E-state index in [0.717, 1.165) is 43.0 Å². The summed E-state index contributed by atoms with van der Waals surface area (Å²) in [5.41, 5.74) is 0. The quantitative estimate of drug-likeness (QED) is 0.248. The van der Waals surface area contributed by atoms with Gasteiger partial charge in [-0.05, 0) is 106 Å². The van der Waals surface area contributed by atoms with Crippen LogP contribution in [0.25, 0.3) is 0 Å². The molecule has 2 fully saturated rings. The third kappa shape index (κ3) is 9.87. The second-order valence-electron chi connectivity index (χ2n) is 10.3. The van der Waals surface area contributed by atoms with E-state index in [9.17, 15) is 0 Å². The zero-order valence-corrected chi connectivity index (χ0v) is 21.2. The van der Waals surface area contributed by atoms with Crippen LogP contribution in [0.15, 0.2) is 36.4 Å². The van der Waals surface area contributed by atoms with Crippen LogP contribution in [0, 0.1) is 35.5 Å². The molecule has 0 radical (unpaired) electrons. The van der Waals surface area contributed by atoms with E-state index in [-0.39, 0.29) is 0 Å². The van der Waals surface area contributed by atoms with Crippen LogP contribution in [0.3, 0.4) is 0 Å². The predicted molar refractivity (Wildman–Crippen MR) is 140 cm³/mol. The minimum absolute atomic E-state index is 0.565. The molecule has 33 heavy (non-hydrogen) atoms. The molecule has 0 bridgehead atoms. The lowest BCUT2D eigenvalue weighted by atomic mass is 9.80. The molecule has 0 aliphatic heterocycles. The first-order valence-corrected chi connectivity index (χ1v) is 13.8. The molecule has 0 unspecified atom stereocenters. The topological polar surface area (TPSA) is 18.5 Å². The van der Waals surface area contributed by atoms with E-state index < -0.39 is 0 Å². The third-order valence-corrected chi connectivity index (χ3v) is 7.50. The molecule has 0 aromatic heterocycles. The maximum atomic E-state index is 6.06. The molecule has 2 heteroatoms. The molecule has 0 N–H and O–H groups in total. The van der Waals surface area contributed by atoms with E-state index in [4.69, 9.17) is 9.47 Å². The van der Waals surface area contributed by atoms with Crippen LogP contribution in [0.1, 0.15) is 97.3 Å². The Labute approximate surface area is 203 Å². The van der Waals surface area contributed by atoms with Crippen molar-refractivity contribution in [1.82, 2.24) is 0 Å². The summed E-state index contributed by atoms with van der Waals surface area (Å²) < 4.78 is 11.8. The molecule has 182 valence electrons. The van der Waals surface area contributed by atoms with E-state index in [2.05, 4.69) is 37.8 Å². The largest absolute Gasteiger partial charge is 0.494 e. The average molecular weight is 451 g/mol. The van der Waals surface area contributed by atoms with Gasteiger partial charge in [-0.25, -0.2) is 0 Å². The van der Waals surface area contributed by atoms with Crippen molar-refractivity contribution >= 4 is 0 Å². The summed E-state index contributed by atoms with van der Waals surface area (Å²) >= 11 is 0. The fourth-order valence-electron chi connectivity index (χ4n) is 5.29. The van der Waals surface area contributed by atoms with Crippen molar-refractivity contribution in [1.29, 1.82) is 0 Å². The van der Waals surface area contributed by atoms with Crippen molar-refractivity contribution in [2.24, 2.45) is 23.7 Å². The standard InChI is InChI=1S/C31H46O2/c1-3-5-8-24-32-30-20-22-31(23-21-30)33-25-29-18-16-28(17-19-29)11-7-6-10-27-14-12-26(9-4-2)13-15-27/h6,10,20-23,26-29H,3-5,8-9,12-19,24-25H2,1-2H3/t26-,27-,28-,29-. The summed E-state index contributed by atoms with van der Waals surface area (Å²) in [6, 6.07) is 8.13. The van der Waals surface area contributed by atoms with Gasteiger partial charge in [0.25, 0.3) is 0 Å². The van der Waals surface area contributed by atoms with Gasteiger partial charge in [0.05, 0.1) is 13.2 Å². The molecule has 0 heterocycles. The van der Waals surface area contributed by atoms with Gasteiger partial charge in [-0.2, -0.15) is 0 Å². The number of allylic oxidation sites excluding steroid dienone is 2. The number of ether oxygens (including phenoxy) is 2. The molecule has 0 atom stereocenters. The molecule has 1 aromatic carbocycles. The molecule has 1 aromatic rings. The van der Waals surface area contributed by atoms with Crippen molar-refractivity contribution in [3.8, 4) is 23.3 Å². The Morgan fingerprint density at radius 2 is 1.45 bits per heavy atom.